The first kappa shape index (κ1) is 23.7. The Kier molecular flexibility index (Phi) is 8.69. The van der Waals surface area contributed by atoms with E-state index in [9.17, 15) is 9.59 Å². The van der Waals surface area contributed by atoms with E-state index < -0.39 is 0 Å². The average molecular weight is 431 g/mol. The molecule has 0 bridgehead atoms. The van der Waals surface area contributed by atoms with E-state index in [1.807, 2.05) is 61.2 Å². The molecule has 3 rings (SSSR count). The molecular formula is C23H31ClN4O2. The van der Waals surface area contributed by atoms with Gasteiger partial charge in [0.2, 0.25) is 0 Å². The first-order chi connectivity index (χ1) is 14.0. The van der Waals surface area contributed by atoms with Crippen LogP contribution in [0.4, 0.5) is 4.79 Å². The van der Waals surface area contributed by atoms with Gasteiger partial charge in [0.1, 0.15) is 0 Å². The summed E-state index contributed by atoms with van der Waals surface area (Å²) in [4.78, 5) is 26.6. The quantitative estimate of drug-likeness (QED) is 0.657. The Hall–Kier alpha value is -2.57. The third-order valence-corrected chi connectivity index (χ3v) is 5.33. The Morgan fingerprint density at radius 3 is 2.33 bits per heavy atom. The molecule has 1 heterocycles. The van der Waals surface area contributed by atoms with Crippen LogP contribution in [-0.4, -0.2) is 42.5 Å². The number of likely N-dealkylation sites (tertiary alicyclic amines) is 1. The fourth-order valence-corrected chi connectivity index (χ4v) is 3.80. The van der Waals surface area contributed by atoms with E-state index in [4.69, 9.17) is 5.73 Å². The van der Waals surface area contributed by atoms with Crippen LogP contribution in [0.5, 0.6) is 0 Å². The lowest BCUT2D eigenvalue weighted by molar-refractivity contribution is 0.0786. The Balaban J connectivity index is 0.00000320. The number of urea groups is 1. The lowest BCUT2D eigenvalue weighted by Crippen LogP contribution is -2.39. The highest BCUT2D eigenvalue weighted by Crippen LogP contribution is 2.32. The molecule has 162 valence electrons. The smallest absolute Gasteiger partial charge is 0.315 e. The molecule has 1 saturated heterocycles. The molecule has 1 fully saturated rings. The molecule has 2 aromatic rings. The van der Waals surface area contributed by atoms with Crippen molar-refractivity contribution in [3.63, 3.8) is 0 Å². The van der Waals surface area contributed by atoms with Crippen molar-refractivity contribution in [2.24, 2.45) is 11.7 Å². The first-order valence-electron chi connectivity index (χ1n) is 10.2. The highest BCUT2D eigenvalue weighted by atomic mass is 35.5. The first-order valence-corrected chi connectivity index (χ1v) is 10.2. The summed E-state index contributed by atoms with van der Waals surface area (Å²) in [5.41, 5.74) is 8.83. The summed E-state index contributed by atoms with van der Waals surface area (Å²) in [6.07, 6.45) is 0. The number of carbonyl (C=O) groups excluding carboxylic acids is 2. The summed E-state index contributed by atoms with van der Waals surface area (Å²) in [7, 11) is 0. The average Bonchev–Trinajstić information content (AvgIpc) is 3.17. The highest BCUT2D eigenvalue weighted by Gasteiger charge is 2.35. The second kappa shape index (κ2) is 11.0. The van der Waals surface area contributed by atoms with Gasteiger partial charge in [0, 0.05) is 37.2 Å². The molecule has 0 unspecified atom stereocenters. The van der Waals surface area contributed by atoms with Gasteiger partial charge >= 0.3 is 6.03 Å². The van der Waals surface area contributed by atoms with Crippen molar-refractivity contribution in [1.82, 2.24) is 15.5 Å². The summed E-state index contributed by atoms with van der Waals surface area (Å²) < 4.78 is 0. The van der Waals surface area contributed by atoms with E-state index in [1.54, 1.807) is 0 Å². The molecule has 2 aromatic carbocycles. The van der Waals surface area contributed by atoms with E-state index in [2.05, 4.69) is 22.8 Å². The zero-order chi connectivity index (χ0) is 20.8. The molecule has 2 atom stereocenters. The van der Waals surface area contributed by atoms with E-state index in [1.165, 1.54) is 5.56 Å². The fraction of sp³-hybridized carbons (Fsp3) is 0.391. The maximum atomic E-state index is 13.0. The van der Waals surface area contributed by atoms with Gasteiger partial charge in [-0.05, 0) is 49.6 Å². The number of halogens is 1. The SMILES string of the molecule is CC(C)NC(=O)NCc1ccc(C(=O)N2C[C@@H](CN)[C@H](c3ccccc3)C2)cc1.Cl. The van der Waals surface area contributed by atoms with Crippen LogP contribution in [0.3, 0.4) is 0 Å². The summed E-state index contributed by atoms with van der Waals surface area (Å²) in [6, 6.07) is 17.6. The van der Waals surface area contributed by atoms with Crippen molar-refractivity contribution < 1.29 is 9.59 Å². The van der Waals surface area contributed by atoms with Crippen molar-refractivity contribution >= 4 is 24.3 Å². The molecular weight excluding hydrogens is 400 g/mol. The molecule has 0 radical (unpaired) electrons. The number of nitrogens with zero attached hydrogens (tertiary/aromatic N) is 1. The second-order valence-corrected chi connectivity index (χ2v) is 7.90. The van der Waals surface area contributed by atoms with Crippen molar-refractivity contribution in [1.29, 1.82) is 0 Å². The summed E-state index contributed by atoms with van der Waals surface area (Å²) >= 11 is 0. The van der Waals surface area contributed by atoms with Crippen molar-refractivity contribution in [3.8, 4) is 0 Å². The topological polar surface area (TPSA) is 87.5 Å². The monoisotopic (exact) mass is 430 g/mol. The third kappa shape index (κ3) is 5.97. The zero-order valence-corrected chi connectivity index (χ0v) is 18.3. The number of amides is 3. The predicted molar refractivity (Wildman–Crippen MR) is 122 cm³/mol. The number of benzene rings is 2. The molecule has 0 saturated carbocycles. The number of hydrogen-bond donors (Lipinski definition) is 3. The normalized spacial score (nSPS) is 18.1. The van der Waals surface area contributed by atoms with Crippen LogP contribution in [-0.2, 0) is 6.54 Å². The molecule has 0 aromatic heterocycles. The van der Waals surface area contributed by atoms with Gasteiger partial charge in [-0.15, -0.1) is 12.4 Å². The molecule has 1 aliphatic heterocycles. The standard InChI is InChI=1S/C23H30N4O2.ClH/c1-16(2)26-23(29)25-13-17-8-10-19(11-9-17)22(28)27-14-20(12-24)21(15-27)18-6-4-3-5-7-18;/h3-11,16,20-21H,12-15,24H2,1-2H3,(H2,25,26,29);1H/t20-,21+;/m1./s1. The maximum Gasteiger partial charge on any atom is 0.315 e. The number of rotatable bonds is 6. The van der Waals surface area contributed by atoms with Crippen molar-refractivity contribution in [2.75, 3.05) is 19.6 Å². The minimum atomic E-state index is -0.197. The van der Waals surface area contributed by atoms with Crippen LogP contribution < -0.4 is 16.4 Å². The molecule has 1 aliphatic rings. The predicted octanol–water partition coefficient (Wildman–Crippen LogP) is 3.13. The lowest BCUT2D eigenvalue weighted by Gasteiger charge is -2.17. The minimum Gasteiger partial charge on any atom is -0.338 e. The number of hydrogen-bond acceptors (Lipinski definition) is 3. The summed E-state index contributed by atoms with van der Waals surface area (Å²) in [6.45, 7) is 6.16. The molecule has 6 nitrogen and oxygen atoms in total. The minimum absolute atomic E-state index is 0. The van der Waals surface area contributed by atoms with Crippen LogP contribution in [0, 0.1) is 5.92 Å². The van der Waals surface area contributed by atoms with Gasteiger partial charge in [0.05, 0.1) is 0 Å². The van der Waals surface area contributed by atoms with Crippen LogP contribution in [0.1, 0.15) is 41.3 Å². The van der Waals surface area contributed by atoms with Gasteiger partial charge in [0.25, 0.3) is 5.91 Å². The maximum absolute atomic E-state index is 13.0. The van der Waals surface area contributed by atoms with E-state index in [0.717, 1.165) is 5.56 Å². The molecule has 0 spiro atoms. The largest absolute Gasteiger partial charge is 0.338 e. The van der Waals surface area contributed by atoms with Crippen molar-refractivity contribution in [3.05, 3.63) is 71.3 Å². The lowest BCUT2D eigenvalue weighted by atomic mass is 9.89. The fourth-order valence-electron chi connectivity index (χ4n) is 3.80. The number of nitrogens with one attached hydrogen (secondary N) is 2. The molecule has 7 heteroatoms. The van der Waals surface area contributed by atoms with Crippen LogP contribution in [0.25, 0.3) is 0 Å². The Morgan fingerprint density at radius 2 is 1.73 bits per heavy atom. The van der Waals surface area contributed by atoms with Gasteiger partial charge in [0.15, 0.2) is 0 Å². The van der Waals surface area contributed by atoms with Gasteiger partial charge < -0.3 is 21.3 Å². The zero-order valence-electron chi connectivity index (χ0n) is 17.5. The molecule has 30 heavy (non-hydrogen) atoms. The third-order valence-electron chi connectivity index (χ3n) is 5.33. The van der Waals surface area contributed by atoms with E-state index in [0.29, 0.717) is 31.7 Å². The van der Waals surface area contributed by atoms with Gasteiger partial charge in [-0.2, -0.15) is 0 Å². The molecule has 4 N–H and O–H groups in total. The van der Waals surface area contributed by atoms with Crippen LogP contribution in [0.15, 0.2) is 54.6 Å². The number of nitrogens with two attached hydrogens (primary N) is 1. The Labute approximate surface area is 184 Å². The van der Waals surface area contributed by atoms with E-state index in [-0.39, 0.29) is 42.2 Å². The van der Waals surface area contributed by atoms with Gasteiger partial charge in [-0.25, -0.2) is 4.79 Å². The highest BCUT2D eigenvalue weighted by molar-refractivity contribution is 5.94. The van der Waals surface area contributed by atoms with E-state index >= 15 is 0 Å². The Morgan fingerprint density at radius 1 is 1.07 bits per heavy atom. The Bertz CT molecular complexity index is 827. The second-order valence-electron chi connectivity index (χ2n) is 7.90. The van der Waals surface area contributed by atoms with Crippen LogP contribution >= 0.6 is 12.4 Å². The molecule has 3 amide bonds. The van der Waals surface area contributed by atoms with Crippen molar-refractivity contribution in [2.45, 2.75) is 32.4 Å². The van der Waals surface area contributed by atoms with Crippen LogP contribution in [0.2, 0.25) is 0 Å². The molecule has 0 aliphatic carbocycles. The van der Waals surface area contributed by atoms with Gasteiger partial charge in [-0.1, -0.05) is 42.5 Å². The summed E-state index contributed by atoms with van der Waals surface area (Å²) in [5.74, 6) is 0.566. The number of carbonyl (C=O) groups is 2. The summed E-state index contributed by atoms with van der Waals surface area (Å²) in [5, 5.41) is 5.60. The van der Waals surface area contributed by atoms with Gasteiger partial charge in [-0.3, -0.25) is 4.79 Å².